The molecule has 6 nitrogen and oxygen atoms in total. The van der Waals surface area contributed by atoms with Crippen LogP contribution in [0.25, 0.3) is 0 Å². The van der Waals surface area contributed by atoms with Gasteiger partial charge in [0.2, 0.25) is 15.9 Å². The molecule has 1 aromatic carbocycles. The molecule has 1 heterocycles. The summed E-state index contributed by atoms with van der Waals surface area (Å²) in [6.45, 7) is 9.77. The third kappa shape index (κ3) is 5.05. The quantitative estimate of drug-likeness (QED) is 0.726. The van der Waals surface area contributed by atoms with Gasteiger partial charge in [-0.05, 0) is 38.0 Å². The smallest absolute Gasteiger partial charge is 0.243 e. The van der Waals surface area contributed by atoms with E-state index in [1.54, 1.807) is 24.3 Å². The maximum Gasteiger partial charge on any atom is 0.243 e. The van der Waals surface area contributed by atoms with Crippen LogP contribution in [0.1, 0.15) is 39.7 Å². The SMILES string of the molecule is CCN(CC)S(=O)(=O)c1ccc(CCC(=O)N2CC(C)OC(C)C2)cc1. The van der Waals surface area contributed by atoms with Crippen molar-refractivity contribution in [2.45, 2.75) is 57.6 Å². The van der Waals surface area contributed by atoms with Gasteiger partial charge in [0.1, 0.15) is 0 Å². The number of nitrogens with zero attached hydrogens (tertiary/aromatic N) is 2. The predicted octanol–water partition coefficient (Wildman–Crippen LogP) is 2.29. The maximum absolute atomic E-state index is 12.5. The van der Waals surface area contributed by atoms with Crippen molar-refractivity contribution < 1.29 is 17.9 Å². The van der Waals surface area contributed by atoms with Crippen LogP contribution in [0.4, 0.5) is 0 Å². The van der Waals surface area contributed by atoms with Crippen molar-refractivity contribution in [1.29, 1.82) is 0 Å². The Morgan fingerprint density at radius 2 is 1.65 bits per heavy atom. The fraction of sp³-hybridized carbons (Fsp3) is 0.632. The molecule has 7 heteroatoms. The minimum atomic E-state index is -3.43. The van der Waals surface area contributed by atoms with E-state index in [0.717, 1.165) is 5.56 Å². The maximum atomic E-state index is 12.5. The molecule has 0 bridgehead atoms. The Morgan fingerprint density at radius 1 is 1.12 bits per heavy atom. The van der Waals surface area contributed by atoms with Gasteiger partial charge in [-0.3, -0.25) is 4.79 Å². The molecule has 2 rings (SSSR count). The Labute approximate surface area is 157 Å². The minimum absolute atomic E-state index is 0.0623. The third-order valence-electron chi connectivity index (χ3n) is 4.67. The summed E-state index contributed by atoms with van der Waals surface area (Å²) in [6, 6.07) is 6.86. The van der Waals surface area contributed by atoms with Crippen molar-refractivity contribution in [3.8, 4) is 0 Å². The highest BCUT2D eigenvalue weighted by Gasteiger charge is 2.25. The molecule has 2 unspecified atom stereocenters. The van der Waals surface area contributed by atoms with E-state index in [1.807, 2.05) is 32.6 Å². The van der Waals surface area contributed by atoms with Gasteiger partial charge in [0.05, 0.1) is 17.1 Å². The summed E-state index contributed by atoms with van der Waals surface area (Å²) >= 11 is 0. The molecular weight excluding hydrogens is 352 g/mol. The lowest BCUT2D eigenvalue weighted by molar-refractivity contribution is -0.143. The second-order valence-electron chi connectivity index (χ2n) is 6.79. The van der Waals surface area contributed by atoms with Crippen LogP contribution in [0.2, 0.25) is 0 Å². The van der Waals surface area contributed by atoms with Crippen molar-refractivity contribution in [3.63, 3.8) is 0 Å². The molecule has 0 radical (unpaired) electrons. The second-order valence-corrected chi connectivity index (χ2v) is 8.73. The molecule has 1 aromatic rings. The molecule has 0 aliphatic carbocycles. The largest absolute Gasteiger partial charge is 0.372 e. The Morgan fingerprint density at radius 3 is 2.15 bits per heavy atom. The highest BCUT2D eigenvalue weighted by Crippen LogP contribution is 2.18. The van der Waals surface area contributed by atoms with Crippen molar-refractivity contribution >= 4 is 15.9 Å². The number of ether oxygens (including phenoxy) is 1. The Kier molecular flexibility index (Phi) is 7.20. The average molecular weight is 383 g/mol. The van der Waals surface area contributed by atoms with Gasteiger partial charge in [0.15, 0.2) is 0 Å². The molecular formula is C19H30N2O4S. The number of sulfonamides is 1. The molecule has 1 amide bonds. The molecule has 1 aliphatic heterocycles. The first-order valence-electron chi connectivity index (χ1n) is 9.30. The molecule has 1 aliphatic rings. The van der Waals surface area contributed by atoms with Gasteiger partial charge in [-0.25, -0.2) is 8.42 Å². The molecule has 26 heavy (non-hydrogen) atoms. The third-order valence-corrected chi connectivity index (χ3v) is 6.73. The average Bonchev–Trinajstić information content (AvgIpc) is 2.60. The van der Waals surface area contributed by atoms with E-state index >= 15 is 0 Å². The minimum Gasteiger partial charge on any atom is -0.372 e. The van der Waals surface area contributed by atoms with E-state index in [4.69, 9.17) is 4.74 Å². The van der Waals surface area contributed by atoms with E-state index < -0.39 is 10.0 Å². The first kappa shape index (κ1) is 20.9. The monoisotopic (exact) mass is 382 g/mol. The highest BCUT2D eigenvalue weighted by molar-refractivity contribution is 7.89. The van der Waals surface area contributed by atoms with E-state index in [9.17, 15) is 13.2 Å². The lowest BCUT2D eigenvalue weighted by Gasteiger charge is -2.35. The van der Waals surface area contributed by atoms with Gasteiger partial charge in [-0.2, -0.15) is 4.31 Å². The molecule has 1 saturated heterocycles. The number of carbonyl (C=O) groups excluding carboxylic acids is 1. The van der Waals surface area contributed by atoms with Gasteiger partial charge in [0.25, 0.3) is 0 Å². The van der Waals surface area contributed by atoms with Gasteiger partial charge < -0.3 is 9.64 Å². The highest BCUT2D eigenvalue weighted by atomic mass is 32.2. The fourth-order valence-electron chi connectivity index (χ4n) is 3.33. The van der Waals surface area contributed by atoms with Crippen LogP contribution in [0.3, 0.4) is 0 Å². The second kappa shape index (κ2) is 8.97. The predicted molar refractivity (Wildman–Crippen MR) is 101 cm³/mol. The number of amides is 1. The summed E-state index contributed by atoms with van der Waals surface area (Å²) < 4.78 is 32.1. The van der Waals surface area contributed by atoms with Crippen LogP contribution in [-0.2, 0) is 26.0 Å². The van der Waals surface area contributed by atoms with E-state index in [1.165, 1.54) is 4.31 Å². The van der Waals surface area contributed by atoms with E-state index in [2.05, 4.69) is 0 Å². The van der Waals surface area contributed by atoms with Crippen LogP contribution >= 0.6 is 0 Å². The van der Waals surface area contributed by atoms with Gasteiger partial charge in [-0.15, -0.1) is 0 Å². The summed E-state index contributed by atoms with van der Waals surface area (Å²) in [4.78, 5) is 14.6. The lowest BCUT2D eigenvalue weighted by Crippen LogP contribution is -2.48. The summed E-state index contributed by atoms with van der Waals surface area (Å²) in [7, 11) is -3.43. The van der Waals surface area contributed by atoms with Crippen molar-refractivity contribution in [2.75, 3.05) is 26.2 Å². The zero-order chi connectivity index (χ0) is 19.3. The number of aryl methyl sites for hydroxylation is 1. The molecule has 2 atom stereocenters. The molecule has 0 spiro atoms. The standard InChI is InChI=1S/C19H30N2O4S/c1-5-21(6-2)26(23,24)18-10-7-17(8-11-18)9-12-19(22)20-13-15(3)25-16(4)14-20/h7-8,10-11,15-16H,5-6,9,12-14H2,1-4H3. The summed E-state index contributed by atoms with van der Waals surface area (Å²) in [5, 5.41) is 0. The zero-order valence-corrected chi connectivity index (χ0v) is 17.0. The van der Waals surface area contributed by atoms with E-state index in [0.29, 0.717) is 43.9 Å². The summed E-state index contributed by atoms with van der Waals surface area (Å²) in [6.07, 6.45) is 1.14. The van der Waals surface area contributed by atoms with Crippen molar-refractivity contribution in [3.05, 3.63) is 29.8 Å². The topological polar surface area (TPSA) is 66.9 Å². The van der Waals surface area contributed by atoms with Gasteiger partial charge in [0, 0.05) is 32.6 Å². The first-order chi connectivity index (χ1) is 12.3. The normalized spacial score (nSPS) is 21.2. The van der Waals surface area contributed by atoms with Crippen LogP contribution in [0, 0.1) is 0 Å². The molecule has 0 aromatic heterocycles. The first-order valence-corrected chi connectivity index (χ1v) is 10.7. The summed E-state index contributed by atoms with van der Waals surface area (Å²) in [5.41, 5.74) is 0.964. The van der Waals surface area contributed by atoms with Crippen LogP contribution < -0.4 is 0 Å². The van der Waals surface area contributed by atoms with Crippen LogP contribution in [0.15, 0.2) is 29.2 Å². The van der Waals surface area contributed by atoms with E-state index in [-0.39, 0.29) is 18.1 Å². The molecule has 0 N–H and O–H groups in total. The summed E-state index contributed by atoms with van der Waals surface area (Å²) in [5.74, 6) is 0.117. The Bertz CT molecular complexity index is 689. The van der Waals surface area contributed by atoms with Gasteiger partial charge in [-0.1, -0.05) is 26.0 Å². The number of morpholine rings is 1. The lowest BCUT2D eigenvalue weighted by atomic mass is 10.1. The molecule has 0 saturated carbocycles. The van der Waals surface area contributed by atoms with Crippen LogP contribution in [-0.4, -0.2) is 61.9 Å². The van der Waals surface area contributed by atoms with Crippen molar-refractivity contribution in [1.82, 2.24) is 9.21 Å². The number of hydrogen-bond donors (Lipinski definition) is 0. The molecule has 1 fully saturated rings. The Balaban J connectivity index is 1.96. The number of rotatable bonds is 7. The number of benzene rings is 1. The van der Waals surface area contributed by atoms with Crippen LogP contribution in [0.5, 0.6) is 0 Å². The molecule has 146 valence electrons. The Hall–Kier alpha value is -1.44. The van der Waals surface area contributed by atoms with Crippen molar-refractivity contribution in [2.24, 2.45) is 0 Å². The zero-order valence-electron chi connectivity index (χ0n) is 16.1. The number of hydrogen-bond acceptors (Lipinski definition) is 4. The fourth-order valence-corrected chi connectivity index (χ4v) is 4.79. The van der Waals surface area contributed by atoms with Gasteiger partial charge >= 0.3 is 0 Å². The number of carbonyl (C=O) groups is 1.